The van der Waals surface area contributed by atoms with Crippen LogP contribution in [0.4, 0.5) is 0 Å². The van der Waals surface area contributed by atoms with E-state index in [-0.39, 0.29) is 12.1 Å². The molecule has 0 spiro atoms. The van der Waals surface area contributed by atoms with Crippen molar-refractivity contribution in [3.63, 3.8) is 0 Å². The molecule has 0 amide bonds. The standard InChI is InChI=1S/C16H24ClNO/c1-12(14-6-8-15(17)9-7-14)18-11-16(19)10-13-4-2-3-5-13/h6-9,12-13,16,18-19H,2-5,10-11H2,1H3/t12-,16?/m1/s1. The largest absolute Gasteiger partial charge is 0.392 e. The topological polar surface area (TPSA) is 32.3 Å². The molecule has 0 aliphatic heterocycles. The molecule has 19 heavy (non-hydrogen) atoms. The van der Waals surface area contributed by atoms with Crippen molar-refractivity contribution in [3.05, 3.63) is 34.9 Å². The first-order valence-corrected chi connectivity index (χ1v) is 7.70. The summed E-state index contributed by atoms with van der Waals surface area (Å²) in [5, 5.41) is 14.2. The van der Waals surface area contributed by atoms with E-state index in [4.69, 9.17) is 11.6 Å². The van der Waals surface area contributed by atoms with Gasteiger partial charge in [0.2, 0.25) is 0 Å². The van der Waals surface area contributed by atoms with Crippen LogP contribution in [-0.2, 0) is 0 Å². The molecule has 2 rings (SSSR count). The van der Waals surface area contributed by atoms with Gasteiger partial charge in [-0.15, -0.1) is 0 Å². The second-order valence-corrected chi connectivity index (χ2v) is 6.16. The van der Waals surface area contributed by atoms with E-state index in [9.17, 15) is 5.11 Å². The van der Waals surface area contributed by atoms with Crippen molar-refractivity contribution in [1.82, 2.24) is 5.32 Å². The number of aliphatic hydroxyl groups excluding tert-OH is 1. The van der Waals surface area contributed by atoms with E-state index in [1.54, 1.807) is 0 Å². The highest BCUT2D eigenvalue weighted by molar-refractivity contribution is 6.30. The molecular weight excluding hydrogens is 258 g/mol. The fourth-order valence-corrected chi connectivity index (χ4v) is 3.02. The molecule has 1 aromatic rings. The Labute approximate surface area is 121 Å². The van der Waals surface area contributed by atoms with Crippen molar-refractivity contribution in [3.8, 4) is 0 Å². The average molecular weight is 282 g/mol. The first-order chi connectivity index (χ1) is 9.15. The van der Waals surface area contributed by atoms with Crippen LogP contribution in [0.25, 0.3) is 0 Å². The van der Waals surface area contributed by atoms with Gasteiger partial charge in [0.15, 0.2) is 0 Å². The van der Waals surface area contributed by atoms with Crippen LogP contribution in [0.5, 0.6) is 0 Å². The predicted octanol–water partition coefficient (Wildman–Crippen LogP) is 3.93. The number of nitrogens with one attached hydrogen (secondary N) is 1. The number of aliphatic hydroxyl groups is 1. The third-order valence-corrected chi connectivity index (χ3v) is 4.36. The van der Waals surface area contributed by atoms with Gasteiger partial charge < -0.3 is 10.4 Å². The minimum absolute atomic E-state index is 0.224. The van der Waals surface area contributed by atoms with Crippen molar-refractivity contribution in [1.29, 1.82) is 0 Å². The zero-order valence-electron chi connectivity index (χ0n) is 11.6. The van der Waals surface area contributed by atoms with Crippen molar-refractivity contribution in [2.75, 3.05) is 6.54 Å². The number of rotatable bonds is 6. The summed E-state index contributed by atoms with van der Waals surface area (Å²) in [5.74, 6) is 0.739. The molecule has 2 N–H and O–H groups in total. The molecule has 3 heteroatoms. The Bertz CT molecular complexity index is 373. The molecule has 0 saturated heterocycles. The minimum atomic E-state index is -0.224. The predicted molar refractivity (Wildman–Crippen MR) is 80.5 cm³/mol. The molecule has 1 unspecified atom stereocenters. The van der Waals surface area contributed by atoms with Gasteiger partial charge in [0.25, 0.3) is 0 Å². The van der Waals surface area contributed by atoms with Crippen LogP contribution in [-0.4, -0.2) is 17.8 Å². The van der Waals surface area contributed by atoms with Crippen molar-refractivity contribution < 1.29 is 5.11 Å². The summed E-state index contributed by atoms with van der Waals surface area (Å²) in [4.78, 5) is 0. The van der Waals surface area contributed by atoms with Gasteiger partial charge in [0, 0.05) is 17.6 Å². The summed E-state index contributed by atoms with van der Waals surface area (Å²) in [5.41, 5.74) is 1.21. The Kier molecular flexibility index (Phi) is 5.68. The Balaban J connectivity index is 1.73. The third kappa shape index (κ3) is 4.79. The number of halogens is 1. The molecule has 0 bridgehead atoms. The third-order valence-electron chi connectivity index (χ3n) is 4.11. The summed E-state index contributed by atoms with van der Waals surface area (Å²) in [6.45, 7) is 2.78. The van der Waals surface area contributed by atoms with Gasteiger partial charge in [-0.2, -0.15) is 0 Å². The van der Waals surface area contributed by atoms with E-state index in [0.717, 1.165) is 17.4 Å². The summed E-state index contributed by atoms with van der Waals surface area (Å²) in [7, 11) is 0. The van der Waals surface area contributed by atoms with Gasteiger partial charge in [-0.1, -0.05) is 49.4 Å². The van der Waals surface area contributed by atoms with Gasteiger partial charge >= 0.3 is 0 Å². The maximum absolute atomic E-state index is 10.1. The Morgan fingerprint density at radius 1 is 1.26 bits per heavy atom. The molecule has 1 aliphatic carbocycles. The molecule has 0 radical (unpaired) electrons. The lowest BCUT2D eigenvalue weighted by Gasteiger charge is -2.19. The van der Waals surface area contributed by atoms with E-state index in [1.807, 2.05) is 24.3 Å². The first kappa shape index (κ1) is 14.8. The fraction of sp³-hybridized carbons (Fsp3) is 0.625. The summed E-state index contributed by atoms with van der Waals surface area (Å²) in [6, 6.07) is 8.12. The molecule has 0 heterocycles. The van der Waals surface area contributed by atoms with E-state index in [0.29, 0.717) is 6.54 Å². The number of benzene rings is 1. The maximum Gasteiger partial charge on any atom is 0.0667 e. The molecule has 1 aliphatic rings. The van der Waals surface area contributed by atoms with E-state index >= 15 is 0 Å². The monoisotopic (exact) mass is 281 g/mol. The zero-order chi connectivity index (χ0) is 13.7. The van der Waals surface area contributed by atoms with Crippen molar-refractivity contribution >= 4 is 11.6 Å². The Hall–Kier alpha value is -0.570. The lowest BCUT2D eigenvalue weighted by molar-refractivity contribution is 0.137. The molecule has 2 nitrogen and oxygen atoms in total. The second kappa shape index (κ2) is 7.28. The molecule has 2 atom stereocenters. The van der Waals surface area contributed by atoms with Crippen molar-refractivity contribution in [2.24, 2.45) is 5.92 Å². The fourth-order valence-electron chi connectivity index (χ4n) is 2.90. The highest BCUT2D eigenvalue weighted by Crippen LogP contribution is 2.28. The number of hydrogen-bond acceptors (Lipinski definition) is 2. The van der Waals surface area contributed by atoms with Crippen LogP contribution in [0.2, 0.25) is 5.02 Å². The molecule has 1 aromatic carbocycles. The minimum Gasteiger partial charge on any atom is -0.392 e. The molecule has 106 valence electrons. The molecule has 1 fully saturated rings. The summed E-state index contributed by atoms with van der Waals surface area (Å²) < 4.78 is 0. The number of hydrogen-bond donors (Lipinski definition) is 2. The zero-order valence-corrected chi connectivity index (χ0v) is 12.4. The van der Waals surface area contributed by atoms with Crippen LogP contribution >= 0.6 is 11.6 Å². The van der Waals surface area contributed by atoms with Crippen molar-refractivity contribution in [2.45, 2.75) is 51.2 Å². The smallest absolute Gasteiger partial charge is 0.0667 e. The summed E-state index contributed by atoms with van der Waals surface area (Å²) >= 11 is 5.88. The maximum atomic E-state index is 10.1. The van der Waals surface area contributed by atoms with E-state index in [2.05, 4.69) is 12.2 Å². The van der Waals surface area contributed by atoms with Crippen LogP contribution in [0.3, 0.4) is 0 Å². The second-order valence-electron chi connectivity index (χ2n) is 5.72. The highest BCUT2D eigenvalue weighted by Gasteiger charge is 2.19. The van der Waals surface area contributed by atoms with E-state index < -0.39 is 0 Å². The van der Waals surface area contributed by atoms with Gasteiger partial charge in [-0.05, 0) is 37.0 Å². The molecule has 1 saturated carbocycles. The van der Waals surface area contributed by atoms with Crippen LogP contribution in [0.1, 0.15) is 50.6 Å². The SMILES string of the molecule is C[C@@H](NCC(O)CC1CCCC1)c1ccc(Cl)cc1. The molecule has 0 aromatic heterocycles. The quantitative estimate of drug-likeness (QED) is 0.828. The highest BCUT2D eigenvalue weighted by atomic mass is 35.5. The lowest BCUT2D eigenvalue weighted by atomic mass is 10.00. The van der Waals surface area contributed by atoms with Gasteiger partial charge in [-0.3, -0.25) is 0 Å². The van der Waals surface area contributed by atoms with Gasteiger partial charge in [0.05, 0.1) is 6.10 Å². The Morgan fingerprint density at radius 2 is 1.89 bits per heavy atom. The van der Waals surface area contributed by atoms with Crippen LogP contribution < -0.4 is 5.32 Å². The summed E-state index contributed by atoms with van der Waals surface area (Å²) in [6.07, 6.45) is 5.99. The van der Waals surface area contributed by atoms with E-state index in [1.165, 1.54) is 31.2 Å². The van der Waals surface area contributed by atoms with Crippen LogP contribution in [0.15, 0.2) is 24.3 Å². The average Bonchev–Trinajstić information content (AvgIpc) is 2.89. The van der Waals surface area contributed by atoms with Gasteiger partial charge in [0.1, 0.15) is 0 Å². The molecular formula is C16H24ClNO. The first-order valence-electron chi connectivity index (χ1n) is 7.32. The Morgan fingerprint density at radius 3 is 2.53 bits per heavy atom. The van der Waals surface area contributed by atoms with Crippen LogP contribution in [0, 0.1) is 5.92 Å². The normalized spacial score (nSPS) is 19.5. The lowest BCUT2D eigenvalue weighted by Crippen LogP contribution is -2.30. The van der Waals surface area contributed by atoms with Gasteiger partial charge in [-0.25, -0.2) is 0 Å².